The first-order valence-corrected chi connectivity index (χ1v) is 6.76. The van der Waals surface area contributed by atoms with E-state index in [0.29, 0.717) is 20.9 Å². The number of hydrogen-bond donors (Lipinski definition) is 2. The summed E-state index contributed by atoms with van der Waals surface area (Å²) in [6, 6.07) is 6.03. The number of nitrogens with one attached hydrogen (secondary N) is 1. The van der Waals surface area contributed by atoms with Crippen molar-refractivity contribution in [2.24, 2.45) is 0 Å². The van der Waals surface area contributed by atoms with Crippen LogP contribution < -0.4 is 11.3 Å². The summed E-state index contributed by atoms with van der Waals surface area (Å²) < 4.78 is 14.2. The Balaban J connectivity index is 2.13. The number of halogens is 2. The van der Waals surface area contributed by atoms with Crippen molar-refractivity contribution in [3.63, 3.8) is 0 Å². The molecule has 0 amide bonds. The van der Waals surface area contributed by atoms with Crippen LogP contribution in [0.4, 0.5) is 10.2 Å². The summed E-state index contributed by atoms with van der Waals surface area (Å²) in [6.45, 7) is 0. The molecule has 0 unspecified atom stereocenters. The Bertz CT molecular complexity index is 632. The van der Waals surface area contributed by atoms with Gasteiger partial charge in [0.05, 0.1) is 0 Å². The zero-order valence-electron chi connectivity index (χ0n) is 9.11. The average molecular weight is 330 g/mol. The van der Waals surface area contributed by atoms with Crippen LogP contribution in [0.5, 0.6) is 0 Å². The van der Waals surface area contributed by atoms with Gasteiger partial charge < -0.3 is 10.7 Å². The normalized spacial score (nSPS) is 10.6. The van der Waals surface area contributed by atoms with Crippen molar-refractivity contribution in [2.45, 2.75) is 10.9 Å². The van der Waals surface area contributed by atoms with Gasteiger partial charge in [-0.25, -0.2) is 9.37 Å². The molecule has 18 heavy (non-hydrogen) atoms. The predicted octanol–water partition coefficient (Wildman–Crippen LogP) is 2.55. The Morgan fingerprint density at radius 3 is 2.89 bits per heavy atom. The van der Waals surface area contributed by atoms with Crippen LogP contribution in [-0.2, 0) is 5.75 Å². The van der Waals surface area contributed by atoms with E-state index in [4.69, 9.17) is 5.73 Å². The van der Waals surface area contributed by atoms with E-state index >= 15 is 0 Å². The van der Waals surface area contributed by atoms with Crippen molar-refractivity contribution in [2.75, 3.05) is 5.73 Å². The van der Waals surface area contributed by atoms with Crippen LogP contribution >= 0.6 is 27.7 Å². The number of rotatable bonds is 3. The zero-order chi connectivity index (χ0) is 13.1. The number of thioether (sulfide) groups is 1. The molecule has 0 saturated heterocycles. The highest BCUT2D eigenvalue weighted by molar-refractivity contribution is 9.10. The average Bonchev–Trinajstić information content (AvgIpc) is 2.26. The Morgan fingerprint density at radius 1 is 1.44 bits per heavy atom. The van der Waals surface area contributed by atoms with E-state index < -0.39 is 0 Å². The zero-order valence-corrected chi connectivity index (χ0v) is 11.5. The molecule has 4 nitrogen and oxygen atoms in total. The number of benzene rings is 1. The first kappa shape index (κ1) is 13.1. The van der Waals surface area contributed by atoms with E-state index in [1.165, 1.54) is 23.9 Å². The van der Waals surface area contributed by atoms with Gasteiger partial charge in [0.25, 0.3) is 5.56 Å². The predicted molar refractivity (Wildman–Crippen MR) is 72.9 cm³/mol. The van der Waals surface area contributed by atoms with Gasteiger partial charge in [-0.2, -0.15) is 0 Å². The molecule has 1 aromatic carbocycles. The van der Waals surface area contributed by atoms with E-state index in [2.05, 4.69) is 25.9 Å². The highest BCUT2D eigenvalue weighted by Crippen LogP contribution is 2.22. The number of H-pyrrole nitrogens is 1. The molecular formula is C11H9BrFN3OS. The Labute approximate surface area is 115 Å². The first-order valence-electron chi connectivity index (χ1n) is 4.98. The number of nitrogens with two attached hydrogens (primary N) is 1. The molecule has 0 aliphatic carbocycles. The molecule has 0 bridgehead atoms. The van der Waals surface area contributed by atoms with E-state index in [-0.39, 0.29) is 17.2 Å². The quantitative estimate of drug-likeness (QED) is 0.670. The second kappa shape index (κ2) is 5.53. The third kappa shape index (κ3) is 3.33. The van der Waals surface area contributed by atoms with Gasteiger partial charge in [0.2, 0.25) is 0 Å². The molecule has 7 heteroatoms. The maximum Gasteiger partial charge on any atom is 0.253 e. The lowest BCUT2D eigenvalue weighted by Crippen LogP contribution is -2.09. The van der Waals surface area contributed by atoms with Crippen molar-refractivity contribution in [3.8, 4) is 0 Å². The van der Waals surface area contributed by atoms with Crippen LogP contribution in [0.3, 0.4) is 0 Å². The fourth-order valence-electron chi connectivity index (χ4n) is 1.31. The van der Waals surface area contributed by atoms with Gasteiger partial charge in [0.15, 0.2) is 5.16 Å². The van der Waals surface area contributed by atoms with Gasteiger partial charge in [-0.1, -0.05) is 33.8 Å². The van der Waals surface area contributed by atoms with Crippen LogP contribution in [0, 0.1) is 5.82 Å². The SMILES string of the molecule is Nc1cc(=O)[nH]c(SCc2ccc(Br)cc2F)n1. The minimum absolute atomic E-state index is 0.150. The van der Waals surface area contributed by atoms with Crippen molar-refractivity contribution in [1.29, 1.82) is 0 Å². The number of aromatic nitrogens is 2. The van der Waals surface area contributed by atoms with Gasteiger partial charge in [0.1, 0.15) is 11.6 Å². The summed E-state index contributed by atoms with van der Waals surface area (Å²) in [5, 5.41) is 0.377. The van der Waals surface area contributed by atoms with Crippen LogP contribution in [0.15, 0.2) is 38.7 Å². The number of anilines is 1. The Hall–Kier alpha value is -1.34. The molecule has 0 fully saturated rings. The second-order valence-electron chi connectivity index (χ2n) is 3.50. The second-order valence-corrected chi connectivity index (χ2v) is 5.38. The van der Waals surface area contributed by atoms with Gasteiger partial charge in [-0.05, 0) is 17.7 Å². The third-order valence-electron chi connectivity index (χ3n) is 2.12. The fourth-order valence-corrected chi connectivity index (χ4v) is 2.51. The standard InChI is InChI=1S/C11H9BrFN3OS/c12-7-2-1-6(8(13)3-7)5-18-11-15-9(14)4-10(17)16-11/h1-4H,5H2,(H3,14,15,16,17). The monoisotopic (exact) mass is 329 g/mol. The Kier molecular flexibility index (Phi) is 4.03. The fraction of sp³-hybridized carbons (Fsp3) is 0.0909. The van der Waals surface area contributed by atoms with E-state index in [0.717, 1.165) is 0 Å². The molecule has 1 aromatic heterocycles. The van der Waals surface area contributed by atoms with Crippen molar-refractivity contribution >= 4 is 33.5 Å². The smallest absolute Gasteiger partial charge is 0.253 e. The lowest BCUT2D eigenvalue weighted by Gasteiger charge is -2.03. The van der Waals surface area contributed by atoms with Crippen molar-refractivity contribution < 1.29 is 4.39 Å². The summed E-state index contributed by atoms with van der Waals surface area (Å²) in [7, 11) is 0. The molecule has 0 aliphatic rings. The summed E-state index contributed by atoms with van der Waals surface area (Å²) in [6.07, 6.45) is 0. The van der Waals surface area contributed by atoms with E-state index in [9.17, 15) is 9.18 Å². The molecule has 2 aromatic rings. The third-order valence-corrected chi connectivity index (χ3v) is 3.53. The minimum Gasteiger partial charge on any atom is -0.383 e. The van der Waals surface area contributed by atoms with Crippen LogP contribution in [0.25, 0.3) is 0 Å². The maximum atomic E-state index is 13.6. The lowest BCUT2D eigenvalue weighted by molar-refractivity contribution is 0.616. The van der Waals surface area contributed by atoms with E-state index in [1.807, 2.05) is 0 Å². The van der Waals surface area contributed by atoms with Crippen LogP contribution in [-0.4, -0.2) is 9.97 Å². The van der Waals surface area contributed by atoms with Gasteiger partial charge in [0, 0.05) is 16.3 Å². The van der Waals surface area contributed by atoms with Crippen LogP contribution in [0.2, 0.25) is 0 Å². The molecule has 1 heterocycles. The number of nitrogens with zero attached hydrogens (tertiary/aromatic N) is 1. The molecule has 94 valence electrons. The molecule has 0 atom stereocenters. The van der Waals surface area contributed by atoms with Gasteiger partial charge in [-0.3, -0.25) is 4.79 Å². The summed E-state index contributed by atoms with van der Waals surface area (Å²) in [5.74, 6) is 0.214. The molecule has 0 saturated carbocycles. The highest BCUT2D eigenvalue weighted by Gasteiger charge is 2.05. The lowest BCUT2D eigenvalue weighted by atomic mass is 10.2. The molecule has 0 aliphatic heterocycles. The summed E-state index contributed by atoms with van der Waals surface area (Å²) >= 11 is 4.41. The Morgan fingerprint density at radius 2 is 2.22 bits per heavy atom. The topological polar surface area (TPSA) is 71.8 Å². The summed E-state index contributed by atoms with van der Waals surface area (Å²) in [5.41, 5.74) is 5.67. The highest BCUT2D eigenvalue weighted by atomic mass is 79.9. The minimum atomic E-state index is -0.318. The molecule has 0 radical (unpaired) electrons. The van der Waals surface area contributed by atoms with Crippen LogP contribution in [0.1, 0.15) is 5.56 Å². The largest absolute Gasteiger partial charge is 0.383 e. The van der Waals surface area contributed by atoms with Gasteiger partial charge >= 0.3 is 0 Å². The molecule has 2 rings (SSSR count). The number of nitrogen functional groups attached to an aromatic ring is 1. The maximum absolute atomic E-state index is 13.6. The van der Waals surface area contributed by atoms with E-state index in [1.54, 1.807) is 12.1 Å². The van der Waals surface area contributed by atoms with Crippen molar-refractivity contribution in [1.82, 2.24) is 9.97 Å². The summed E-state index contributed by atoms with van der Waals surface area (Å²) in [4.78, 5) is 17.6. The molecule has 0 spiro atoms. The number of aromatic amines is 1. The molecular weight excluding hydrogens is 321 g/mol. The first-order chi connectivity index (χ1) is 8.54. The molecule has 3 N–H and O–H groups in total. The number of hydrogen-bond acceptors (Lipinski definition) is 4. The van der Waals surface area contributed by atoms with Crippen molar-refractivity contribution in [3.05, 3.63) is 50.5 Å². The van der Waals surface area contributed by atoms with Gasteiger partial charge in [-0.15, -0.1) is 0 Å².